The van der Waals surface area contributed by atoms with Crippen molar-refractivity contribution in [2.24, 2.45) is 5.92 Å². The molecule has 2 N–H and O–H groups in total. The van der Waals surface area contributed by atoms with Gasteiger partial charge in [0.05, 0.1) is 6.10 Å². The topological polar surface area (TPSA) is 71.2 Å². The van der Waals surface area contributed by atoms with E-state index >= 15 is 0 Å². The van der Waals surface area contributed by atoms with Gasteiger partial charge in [-0.2, -0.15) is 0 Å². The van der Waals surface area contributed by atoms with E-state index in [0.29, 0.717) is 12.5 Å². The number of aromatic nitrogens is 1. The van der Waals surface area contributed by atoms with Gasteiger partial charge in [-0.05, 0) is 20.3 Å². The molecule has 2 heterocycles. The Kier molecular flexibility index (Phi) is 3.81. The van der Waals surface area contributed by atoms with Crippen LogP contribution in [0.3, 0.4) is 0 Å². The van der Waals surface area contributed by atoms with E-state index in [-0.39, 0.29) is 23.0 Å². The van der Waals surface area contributed by atoms with Gasteiger partial charge in [0.2, 0.25) is 0 Å². The van der Waals surface area contributed by atoms with Crippen LogP contribution < -0.4 is 10.7 Å². The first-order valence-electron chi connectivity index (χ1n) is 6.17. The van der Waals surface area contributed by atoms with E-state index in [1.165, 1.54) is 12.3 Å². The normalized spacial score (nSPS) is 23.0. The molecule has 0 saturated carbocycles. The third-order valence-corrected chi connectivity index (χ3v) is 3.36. The number of ether oxygens (including phenoxy) is 1. The maximum absolute atomic E-state index is 11.9. The van der Waals surface area contributed by atoms with E-state index in [4.69, 9.17) is 4.74 Å². The Balaban J connectivity index is 1.97. The van der Waals surface area contributed by atoms with Crippen LogP contribution in [0, 0.1) is 12.8 Å². The zero-order chi connectivity index (χ0) is 13.1. The standard InChI is InChI=1S/C13H18N2O3/c1-8-5-12(16)11(7-14-8)13(17)15-6-10-3-4-18-9(10)2/h5,7,9-10H,3-4,6H2,1-2H3,(H,14,16)(H,15,17). The van der Waals surface area contributed by atoms with Crippen molar-refractivity contribution in [3.05, 3.63) is 33.7 Å². The molecule has 1 aliphatic heterocycles. The summed E-state index contributed by atoms with van der Waals surface area (Å²) in [6, 6.07) is 1.43. The predicted octanol–water partition coefficient (Wildman–Crippen LogP) is 0.838. The lowest BCUT2D eigenvalue weighted by molar-refractivity contribution is 0.0906. The second kappa shape index (κ2) is 5.35. The molecule has 1 saturated heterocycles. The van der Waals surface area contributed by atoms with Crippen LogP contribution >= 0.6 is 0 Å². The summed E-state index contributed by atoms with van der Waals surface area (Å²) >= 11 is 0. The third-order valence-electron chi connectivity index (χ3n) is 3.36. The highest BCUT2D eigenvalue weighted by molar-refractivity contribution is 5.93. The Hall–Kier alpha value is -1.62. The second-order valence-electron chi connectivity index (χ2n) is 4.73. The molecule has 2 rings (SSSR count). The van der Waals surface area contributed by atoms with Crippen LogP contribution in [0.5, 0.6) is 0 Å². The van der Waals surface area contributed by atoms with Crippen molar-refractivity contribution in [2.75, 3.05) is 13.2 Å². The lowest BCUT2D eigenvalue weighted by Gasteiger charge is -2.14. The zero-order valence-corrected chi connectivity index (χ0v) is 10.7. The number of pyridine rings is 1. The van der Waals surface area contributed by atoms with Gasteiger partial charge in [0.15, 0.2) is 5.43 Å². The fourth-order valence-corrected chi connectivity index (χ4v) is 2.11. The van der Waals surface area contributed by atoms with Gasteiger partial charge < -0.3 is 15.0 Å². The number of hydrogen-bond acceptors (Lipinski definition) is 3. The molecule has 1 aromatic rings. The van der Waals surface area contributed by atoms with Crippen LogP contribution in [-0.2, 0) is 4.74 Å². The molecule has 0 radical (unpaired) electrons. The summed E-state index contributed by atoms with van der Waals surface area (Å²) < 4.78 is 5.42. The number of aryl methyl sites for hydroxylation is 1. The third kappa shape index (κ3) is 2.79. The summed E-state index contributed by atoms with van der Waals surface area (Å²) in [4.78, 5) is 26.4. The lowest BCUT2D eigenvalue weighted by Crippen LogP contribution is -2.34. The van der Waals surface area contributed by atoms with Crippen LogP contribution in [-0.4, -0.2) is 30.1 Å². The molecule has 1 fully saturated rings. The first-order valence-corrected chi connectivity index (χ1v) is 6.17. The number of hydrogen-bond donors (Lipinski definition) is 2. The first kappa shape index (κ1) is 12.8. The molecule has 5 nitrogen and oxygen atoms in total. The molecular formula is C13H18N2O3. The van der Waals surface area contributed by atoms with Crippen molar-refractivity contribution in [1.82, 2.24) is 10.3 Å². The fourth-order valence-electron chi connectivity index (χ4n) is 2.11. The lowest BCUT2D eigenvalue weighted by atomic mass is 10.0. The number of amides is 1. The number of rotatable bonds is 3. The van der Waals surface area contributed by atoms with Crippen molar-refractivity contribution < 1.29 is 9.53 Å². The molecule has 2 atom stereocenters. The molecule has 0 bridgehead atoms. The average Bonchev–Trinajstić information content (AvgIpc) is 2.72. The molecule has 0 aliphatic carbocycles. The van der Waals surface area contributed by atoms with Crippen LogP contribution in [0.4, 0.5) is 0 Å². The molecule has 0 spiro atoms. The molecule has 2 unspecified atom stereocenters. The highest BCUT2D eigenvalue weighted by Gasteiger charge is 2.24. The van der Waals surface area contributed by atoms with Crippen LogP contribution in [0.25, 0.3) is 0 Å². The highest BCUT2D eigenvalue weighted by atomic mass is 16.5. The number of carbonyl (C=O) groups is 1. The number of aromatic amines is 1. The Bertz CT molecular complexity index is 495. The summed E-state index contributed by atoms with van der Waals surface area (Å²) in [7, 11) is 0. The van der Waals surface area contributed by atoms with E-state index in [0.717, 1.165) is 18.7 Å². The summed E-state index contributed by atoms with van der Waals surface area (Å²) in [5.41, 5.74) is 0.654. The number of nitrogens with one attached hydrogen (secondary N) is 2. The molecule has 1 amide bonds. The minimum absolute atomic E-state index is 0.159. The smallest absolute Gasteiger partial charge is 0.256 e. The van der Waals surface area contributed by atoms with Gasteiger partial charge in [-0.3, -0.25) is 9.59 Å². The Morgan fingerprint density at radius 2 is 2.39 bits per heavy atom. The summed E-state index contributed by atoms with van der Waals surface area (Å²) in [5, 5.41) is 2.79. The molecule has 0 aromatic carbocycles. The van der Waals surface area contributed by atoms with Gasteiger partial charge in [0.25, 0.3) is 5.91 Å². The van der Waals surface area contributed by atoms with Crippen LogP contribution in [0.15, 0.2) is 17.1 Å². The van der Waals surface area contributed by atoms with Gasteiger partial charge in [-0.15, -0.1) is 0 Å². The molecule has 1 aliphatic rings. The largest absolute Gasteiger partial charge is 0.378 e. The Morgan fingerprint density at radius 3 is 3.00 bits per heavy atom. The number of carbonyl (C=O) groups excluding carboxylic acids is 1. The van der Waals surface area contributed by atoms with Gasteiger partial charge in [0, 0.05) is 37.0 Å². The summed E-state index contributed by atoms with van der Waals surface area (Å²) in [6.45, 7) is 5.07. The SMILES string of the molecule is Cc1cc(=O)c(C(=O)NCC2CCOC2C)c[nH]1. The fraction of sp³-hybridized carbons (Fsp3) is 0.538. The van der Waals surface area contributed by atoms with Gasteiger partial charge in [-0.1, -0.05) is 0 Å². The zero-order valence-electron chi connectivity index (χ0n) is 10.7. The molecule has 5 heteroatoms. The quantitative estimate of drug-likeness (QED) is 0.835. The molecule has 98 valence electrons. The predicted molar refractivity (Wildman–Crippen MR) is 67.7 cm³/mol. The molecule has 18 heavy (non-hydrogen) atoms. The summed E-state index contributed by atoms with van der Waals surface area (Å²) in [5.74, 6) is 0.00818. The van der Waals surface area contributed by atoms with E-state index in [1.807, 2.05) is 6.92 Å². The average molecular weight is 250 g/mol. The second-order valence-corrected chi connectivity index (χ2v) is 4.73. The molecule has 1 aromatic heterocycles. The van der Waals surface area contributed by atoms with Crippen molar-refractivity contribution in [3.63, 3.8) is 0 Å². The van der Waals surface area contributed by atoms with Crippen LogP contribution in [0.2, 0.25) is 0 Å². The van der Waals surface area contributed by atoms with Gasteiger partial charge in [-0.25, -0.2) is 0 Å². The van der Waals surface area contributed by atoms with Crippen molar-refractivity contribution in [3.8, 4) is 0 Å². The summed E-state index contributed by atoms with van der Waals surface area (Å²) in [6.07, 6.45) is 2.58. The Morgan fingerprint density at radius 1 is 1.61 bits per heavy atom. The van der Waals surface area contributed by atoms with Gasteiger partial charge >= 0.3 is 0 Å². The van der Waals surface area contributed by atoms with E-state index in [9.17, 15) is 9.59 Å². The first-order chi connectivity index (χ1) is 8.58. The van der Waals surface area contributed by atoms with Crippen LogP contribution in [0.1, 0.15) is 29.4 Å². The number of H-pyrrole nitrogens is 1. The van der Waals surface area contributed by atoms with Crippen molar-refractivity contribution >= 4 is 5.91 Å². The van der Waals surface area contributed by atoms with Crippen molar-refractivity contribution in [1.29, 1.82) is 0 Å². The maximum atomic E-state index is 11.9. The van der Waals surface area contributed by atoms with E-state index in [1.54, 1.807) is 6.92 Å². The van der Waals surface area contributed by atoms with Crippen molar-refractivity contribution in [2.45, 2.75) is 26.4 Å². The molecular weight excluding hydrogens is 232 g/mol. The Labute approximate surface area is 106 Å². The van der Waals surface area contributed by atoms with E-state index in [2.05, 4.69) is 10.3 Å². The maximum Gasteiger partial charge on any atom is 0.256 e. The minimum atomic E-state index is -0.324. The monoisotopic (exact) mass is 250 g/mol. The van der Waals surface area contributed by atoms with Gasteiger partial charge in [0.1, 0.15) is 5.56 Å². The highest BCUT2D eigenvalue weighted by Crippen LogP contribution is 2.19. The van der Waals surface area contributed by atoms with E-state index < -0.39 is 0 Å². The minimum Gasteiger partial charge on any atom is -0.378 e.